The molecule has 0 saturated carbocycles. The summed E-state index contributed by atoms with van der Waals surface area (Å²) < 4.78 is 5.17. The maximum Gasteiger partial charge on any atom is 0.0568 e. The van der Waals surface area contributed by atoms with Crippen molar-refractivity contribution in [2.24, 2.45) is 5.73 Å². The first-order valence-corrected chi connectivity index (χ1v) is 4.95. The van der Waals surface area contributed by atoms with Gasteiger partial charge in [-0.05, 0) is 17.7 Å². The minimum Gasteiger partial charge on any atom is -0.384 e. The van der Waals surface area contributed by atoms with E-state index in [0.29, 0.717) is 13.2 Å². The van der Waals surface area contributed by atoms with Gasteiger partial charge < -0.3 is 10.5 Å². The van der Waals surface area contributed by atoms with Crippen LogP contribution in [-0.4, -0.2) is 20.3 Å². The van der Waals surface area contributed by atoms with Gasteiger partial charge in [0.05, 0.1) is 6.61 Å². The first kappa shape index (κ1) is 11.5. The highest BCUT2D eigenvalue weighted by Gasteiger charge is 2.24. The van der Waals surface area contributed by atoms with E-state index in [0.717, 1.165) is 10.6 Å². The summed E-state index contributed by atoms with van der Waals surface area (Å²) in [5, 5.41) is 0.741. The van der Waals surface area contributed by atoms with Crippen LogP contribution in [0.3, 0.4) is 0 Å². The van der Waals surface area contributed by atoms with Crippen molar-refractivity contribution >= 4 is 11.6 Å². The van der Waals surface area contributed by atoms with Crippen LogP contribution in [-0.2, 0) is 10.2 Å². The van der Waals surface area contributed by atoms with Gasteiger partial charge in [-0.2, -0.15) is 0 Å². The number of hydrogen-bond donors (Lipinski definition) is 1. The highest BCUT2D eigenvalue weighted by Crippen LogP contribution is 2.24. The van der Waals surface area contributed by atoms with Gasteiger partial charge in [0.1, 0.15) is 0 Å². The molecule has 0 aliphatic heterocycles. The van der Waals surface area contributed by atoms with E-state index in [9.17, 15) is 0 Å². The van der Waals surface area contributed by atoms with Crippen LogP contribution >= 0.6 is 11.6 Å². The number of nitrogens with two attached hydrogens (primary N) is 1. The molecule has 2 nitrogen and oxygen atoms in total. The van der Waals surface area contributed by atoms with Gasteiger partial charge in [-0.15, -0.1) is 0 Å². The molecule has 14 heavy (non-hydrogen) atoms. The van der Waals surface area contributed by atoms with Gasteiger partial charge >= 0.3 is 0 Å². The van der Waals surface area contributed by atoms with Crippen molar-refractivity contribution < 1.29 is 4.74 Å². The fraction of sp³-hybridized carbons (Fsp3) is 0.455. The summed E-state index contributed by atoms with van der Waals surface area (Å²) in [6, 6.07) is 7.74. The van der Waals surface area contributed by atoms with Crippen molar-refractivity contribution in [2.75, 3.05) is 20.3 Å². The maximum atomic E-state index is 5.82. The average molecular weight is 214 g/mol. The van der Waals surface area contributed by atoms with Crippen LogP contribution in [0.2, 0.25) is 5.02 Å². The summed E-state index contributed by atoms with van der Waals surface area (Å²) >= 11 is 5.82. The Kier molecular flexibility index (Phi) is 3.93. The number of halogens is 1. The molecule has 0 aromatic heterocycles. The van der Waals surface area contributed by atoms with Gasteiger partial charge in [0.25, 0.3) is 0 Å². The van der Waals surface area contributed by atoms with E-state index in [1.54, 1.807) is 7.11 Å². The monoisotopic (exact) mass is 213 g/mol. The molecule has 1 aromatic carbocycles. The maximum absolute atomic E-state index is 5.82. The molecule has 0 aliphatic carbocycles. The Morgan fingerprint density at radius 2 is 1.93 bits per heavy atom. The van der Waals surface area contributed by atoms with Gasteiger partial charge in [0.15, 0.2) is 0 Å². The number of ether oxygens (including phenoxy) is 1. The fourth-order valence-electron chi connectivity index (χ4n) is 1.43. The highest BCUT2D eigenvalue weighted by molar-refractivity contribution is 6.30. The first-order valence-electron chi connectivity index (χ1n) is 4.57. The van der Waals surface area contributed by atoms with Crippen LogP contribution in [0.1, 0.15) is 12.5 Å². The zero-order valence-corrected chi connectivity index (χ0v) is 9.34. The smallest absolute Gasteiger partial charge is 0.0568 e. The van der Waals surface area contributed by atoms with Crippen LogP contribution in [0.15, 0.2) is 24.3 Å². The summed E-state index contributed by atoms with van der Waals surface area (Å²) in [5.74, 6) is 0. The number of benzene rings is 1. The number of rotatable bonds is 4. The van der Waals surface area contributed by atoms with Crippen LogP contribution in [0.5, 0.6) is 0 Å². The van der Waals surface area contributed by atoms with Crippen molar-refractivity contribution in [2.45, 2.75) is 12.3 Å². The molecule has 1 atom stereocenters. The van der Waals surface area contributed by atoms with Gasteiger partial charge in [-0.25, -0.2) is 0 Å². The molecule has 0 amide bonds. The molecule has 2 N–H and O–H groups in total. The molecule has 0 saturated heterocycles. The van der Waals surface area contributed by atoms with Crippen LogP contribution in [0, 0.1) is 0 Å². The summed E-state index contributed by atoms with van der Waals surface area (Å²) in [6.45, 7) is 3.26. The molecule has 3 heteroatoms. The SMILES string of the molecule is COCC(C)(CN)c1ccc(Cl)cc1. The third-order valence-corrected chi connectivity index (χ3v) is 2.71. The Labute approximate surface area is 90.0 Å². The lowest BCUT2D eigenvalue weighted by Gasteiger charge is -2.27. The van der Waals surface area contributed by atoms with Gasteiger partial charge in [-0.1, -0.05) is 30.7 Å². The van der Waals surface area contributed by atoms with E-state index in [1.165, 1.54) is 0 Å². The second-order valence-corrected chi connectivity index (χ2v) is 4.14. The Hall–Kier alpha value is -0.570. The summed E-state index contributed by atoms with van der Waals surface area (Å²) in [4.78, 5) is 0. The van der Waals surface area contributed by atoms with Crippen molar-refractivity contribution in [1.29, 1.82) is 0 Å². The standard InChI is InChI=1S/C11H16ClNO/c1-11(7-13,8-14-2)9-3-5-10(12)6-4-9/h3-6H,7-8,13H2,1-2H3. The minimum atomic E-state index is -0.126. The molecule has 78 valence electrons. The van der Waals surface area contributed by atoms with Crippen molar-refractivity contribution in [3.8, 4) is 0 Å². The van der Waals surface area contributed by atoms with E-state index in [4.69, 9.17) is 22.1 Å². The lowest BCUT2D eigenvalue weighted by molar-refractivity contribution is 0.141. The summed E-state index contributed by atoms with van der Waals surface area (Å²) in [7, 11) is 1.68. The normalized spacial score (nSPS) is 15.1. The third kappa shape index (κ3) is 2.47. The van der Waals surface area contributed by atoms with Gasteiger partial charge in [0.2, 0.25) is 0 Å². The Balaban J connectivity index is 2.94. The quantitative estimate of drug-likeness (QED) is 0.833. The van der Waals surface area contributed by atoms with Gasteiger partial charge in [0, 0.05) is 24.1 Å². The van der Waals surface area contributed by atoms with E-state index in [-0.39, 0.29) is 5.41 Å². The molecule has 0 aliphatic rings. The second kappa shape index (κ2) is 4.78. The van der Waals surface area contributed by atoms with E-state index >= 15 is 0 Å². The zero-order chi connectivity index (χ0) is 10.6. The van der Waals surface area contributed by atoms with Crippen molar-refractivity contribution in [1.82, 2.24) is 0 Å². The molecule has 0 heterocycles. The predicted molar refractivity (Wildman–Crippen MR) is 59.7 cm³/mol. The molecule has 0 radical (unpaired) electrons. The number of methoxy groups -OCH3 is 1. The van der Waals surface area contributed by atoms with Crippen molar-refractivity contribution in [3.05, 3.63) is 34.9 Å². The predicted octanol–water partition coefficient (Wildman–Crippen LogP) is 2.20. The van der Waals surface area contributed by atoms with Crippen LogP contribution in [0.25, 0.3) is 0 Å². The molecule has 0 spiro atoms. The molecule has 1 aromatic rings. The van der Waals surface area contributed by atoms with Crippen LogP contribution < -0.4 is 5.73 Å². The van der Waals surface area contributed by atoms with Crippen molar-refractivity contribution in [3.63, 3.8) is 0 Å². The molecule has 0 bridgehead atoms. The van der Waals surface area contributed by atoms with E-state index < -0.39 is 0 Å². The van der Waals surface area contributed by atoms with E-state index in [1.807, 2.05) is 24.3 Å². The zero-order valence-electron chi connectivity index (χ0n) is 8.59. The van der Waals surface area contributed by atoms with Crippen LogP contribution in [0.4, 0.5) is 0 Å². The fourth-order valence-corrected chi connectivity index (χ4v) is 1.56. The average Bonchev–Trinajstić information content (AvgIpc) is 2.19. The summed E-state index contributed by atoms with van der Waals surface area (Å²) in [5.41, 5.74) is 6.78. The molecule has 1 rings (SSSR count). The third-order valence-electron chi connectivity index (χ3n) is 2.45. The Morgan fingerprint density at radius 1 is 1.36 bits per heavy atom. The van der Waals surface area contributed by atoms with E-state index in [2.05, 4.69) is 6.92 Å². The number of hydrogen-bond acceptors (Lipinski definition) is 2. The summed E-state index contributed by atoms with van der Waals surface area (Å²) in [6.07, 6.45) is 0. The largest absolute Gasteiger partial charge is 0.384 e. The lowest BCUT2D eigenvalue weighted by atomic mass is 9.83. The highest BCUT2D eigenvalue weighted by atomic mass is 35.5. The Bertz CT molecular complexity index is 286. The molecule has 0 fully saturated rings. The second-order valence-electron chi connectivity index (χ2n) is 3.70. The Morgan fingerprint density at radius 3 is 2.36 bits per heavy atom. The first-order chi connectivity index (χ1) is 6.62. The van der Waals surface area contributed by atoms with Gasteiger partial charge in [-0.3, -0.25) is 0 Å². The molecule has 1 unspecified atom stereocenters. The topological polar surface area (TPSA) is 35.2 Å². The lowest BCUT2D eigenvalue weighted by Crippen LogP contribution is -2.36. The molecular weight excluding hydrogens is 198 g/mol. The molecular formula is C11H16ClNO. The minimum absolute atomic E-state index is 0.126.